The van der Waals surface area contributed by atoms with Crippen molar-refractivity contribution in [2.75, 3.05) is 18.8 Å². The molecule has 2 aromatic rings. The molecule has 1 aliphatic rings. The highest BCUT2D eigenvalue weighted by Gasteiger charge is 2.24. The zero-order valence-electron chi connectivity index (χ0n) is 14.5. The van der Waals surface area contributed by atoms with Crippen LogP contribution in [0.1, 0.15) is 26.0 Å². The lowest BCUT2D eigenvalue weighted by Gasteiger charge is -2.34. The second kappa shape index (κ2) is 7.36. The number of anilines is 1. The third-order valence-electron chi connectivity index (χ3n) is 4.46. The maximum atomic E-state index is 12.4. The van der Waals surface area contributed by atoms with Crippen LogP contribution >= 0.6 is 11.6 Å². The van der Waals surface area contributed by atoms with Crippen molar-refractivity contribution < 1.29 is 9.21 Å². The van der Waals surface area contributed by atoms with Crippen LogP contribution in [0.3, 0.4) is 0 Å². The van der Waals surface area contributed by atoms with Crippen molar-refractivity contribution >= 4 is 29.3 Å². The maximum absolute atomic E-state index is 12.4. The Morgan fingerprint density at radius 3 is 2.64 bits per heavy atom. The van der Waals surface area contributed by atoms with Crippen molar-refractivity contribution in [3.63, 3.8) is 0 Å². The molecule has 1 fully saturated rings. The molecule has 1 saturated heterocycles. The number of carbonyl (C=O) groups is 1. The highest BCUT2D eigenvalue weighted by molar-refractivity contribution is 6.33. The summed E-state index contributed by atoms with van der Waals surface area (Å²) < 4.78 is 5.79. The number of nitrogen functional groups attached to an aromatic ring is 1. The van der Waals surface area contributed by atoms with Gasteiger partial charge in [0.05, 0.1) is 5.02 Å². The number of hydrogen-bond acceptors (Lipinski definition) is 3. The van der Waals surface area contributed by atoms with Crippen LogP contribution in [-0.2, 0) is 4.79 Å². The Labute approximate surface area is 153 Å². The van der Waals surface area contributed by atoms with Crippen molar-refractivity contribution in [2.24, 2.45) is 11.8 Å². The lowest BCUT2D eigenvalue weighted by atomic mass is 9.92. The first kappa shape index (κ1) is 17.6. The molecule has 2 N–H and O–H groups in total. The number of amides is 1. The summed E-state index contributed by atoms with van der Waals surface area (Å²) >= 11 is 6.21. The first-order chi connectivity index (χ1) is 11.9. The minimum atomic E-state index is 0.0295. The van der Waals surface area contributed by atoms with Gasteiger partial charge in [0.2, 0.25) is 5.91 Å². The van der Waals surface area contributed by atoms with Crippen LogP contribution in [0.4, 0.5) is 5.69 Å². The van der Waals surface area contributed by atoms with Gasteiger partial charge in [-0.25, -0.2) is 0 Å². The van der Waals surface area contributed by atoms with E-state index in [0.29, 0.717) is 34.1 Å². The number of nitrogens with zero attached hydrogens (tertiary/aromatic N) is 1. The summed E-state index contributed by atoms with van der Waals surface area (Å²) in [6.45, 7) is 6.01. The highest BCUT2D eigenvalue weighted by atomic mass is 35.5. The van der Waals surface area contributed by atoms with Gasteiger partial charge in [-0.2, -0.15) is 0 Å². The van der Waals surface area contributed by atoms with Gasteiger partial charge in [0, 0.05) is 30.4 Å². The molecule has 1 aliphatic heterocycles. The normalized spacial score (nSPS) is 21.0. The molecule has 3 rings (SSSR count). The molecule has 0 radical (unpaired) electrons. The second-order valence-electron chi connectivity index (χ2n) is 6.96. The molecule has 0 saturated carbocycles. The fraction of sp³-hybridized carbons (Fsp3) is 0.350. The van der Waals surface area contributed by atoms with Gasteiger partial charge in [-0.05, 0) is 54.7 Å². The first-order valence-corrected chi connectivity index (χ1v) is 8.92. The minimum absolute atomic E-state index is 0.0295. The third-order valence-corrected chi connectivity index (χ3v) is 4.77. The van der Waals surface area contributed by atoms with Crippen LogP contribution in [0.5, 0.6) is 0 Å². The molecule has 5 heteroatoms. The average molecular weight is 359 g/mol. The monoisotopic (exact) mass is 358 g/mol. The van der Waals surface area contributed by atoms with Gasteiger partial charge in [-0.15, -0.1) is 0 Å². The van der Waals surface area contributed by atoms with E-state index in [1.54, 1.807) is 24.3 Å². The van der Waals surface area contributed by atoms with Crippen molar-refractivity contribution in [2.45, 2.75) is 20.3 Å². The number of rotatable bonds is 3. The Kier molecular flexibility index (Phi) is 5.19. The molecule has 2 unspecified atom stereocenters. The molecule has 1 aromatic carbocycles. The van der Waals surface area contributed by atoms with Gasteiger partial charge in [-0.3, -0.25) is 4.79 Å². The Balaban J connectivity index is 1.70. The van der Waals surface area contributed by atoms with E-state index in [0.717, 1.165) is 18.7 Å². The van der Waals surface area contributed by atoms with Crippen molar-refractivity contribution in [3.8, 4) is 11.3 Å². The van der Waals surface area contributed by atoms with Gasteiger partial charge in [0.15, 0.2) is 0 Å². The summed E-state index contributed by atoms with van der Waals surface area (Å²) in [6.07, 6.45) is 4.47. The number of piperidine rings is 1. The molecule has 0 bridgehead atoms. The predicted octanol–water partition coefficient (Wildman–Crippen LogP) is 4.70. The molecule has 25 heavy (non-hydrogen) atoms. The zero-order chi connectivity index (χ0) is 18.0. The number of likely N-dealkylation sites (tertiary alicyclic amines) is 1. The Morgan fingerprint density at radius 1 is 1.24 bits per heavy atom. The molecule has 132 valence electrons. The second-order valence-corrected chi connectivity index (χ2v) is 7.37. The quantitative estimate of drug-likeness (QED) is 0.639. The smallest absolute Gasteiger partial charge is 0.246 e. The summed E-state index contributed by atoms with van der Waals surface area (Å²) in [5.41, 5.74) is 7.10. The van der Waals surface area contributed by atoms with Gasteiger partial charge in [-0.1, -0.05) is 25.4 Å². The molecule has 0 spiro atoms. The molecular formula is C20H23ClN2O2. The van der Waals surface area contributed by atoms with Crippen molar-refractivity contribution in [3.05, 3.63) is 47.2 Å². The zero-order valence-corrected chi connectivity index (χ0v) is 15.3. The van der Waals surface area contributed by atoms with E-state index in [-0.39, 0.29) is 5.91 Å². The molecule has 1 amide bonds. The third kappa shape index (κ3) is 4.26. The van der Waals surface area contributed by atoms with Crippen LogP contribution < -0.4 is 5.73 Å². The standard InChI is InChI=1S/C20H23ClN2O2/c1-13-9-14(2)12-23(11-13)20(24)8-5-16-4-7-19(25-16)17-6-3-15(22)10-18(17)21/h3-8,10,13-14H,9,11-12,22H2,1-2H3/b8-5+. The molecule has 1 aromatic heterocycles. The Bertz CT molecular complexity index is 787. The fourth-order valence-electron chi connectivity index (χ4n) is 3.42. The van der Waals surface area contributed by atoms with Crippen LogP contribution in [0.15, 0.2) is 40.8 Å². The van der Waals surface area contributed by atoms with E-state index in [1.165, 1.54) is 6.42 Å². The van der Waals surface area contributed by atoms with E-state index in [1.807, 2.05) is 23.1 Å². The Hall–Kier alpha value is -2.20. The molecule has 2 atom stereocenters. The first-order valence-electron chi connectivity index (χ1n) is 8.54. The van der Waals surface area contributed by atoms with Crippen LogP contribution in [0.2, 0.25) is 5.02 Å². The van der Waals surface area contributed by atoms with Crippen LogP contribution in [-0.4, -0.2) is 23.9 Å². The van der Waals surface area contributed by atoms with E-state index < -0.39 is 0 Å². The van der Waals surface area contributed by atoms with Gasteiger partial charge >= 0.3 is 0 Å². The summed E-state index contributed by atoms with van der Waals surface area (Å²) in [5, 5.41) is 0.539. The molecule has 4 nitrogen and oxygen atoms in total. The largest absolute Gasteiger partial charge is 0.457 e. The van der Waals surface area contributed by atoms with Gasteiger partial charge in [0.25, 0.3) is 0 Å². The molecule has 2 heterocycles. The van der Waals surface area contributed by atoms with E-state index in [9.17, 15) is 4.79 Å². The van der Waals surface area contributed by atoms with E-state index in [2.05, 4.69) is 13.8 Å². The van der Waals surface area contributed by atoms with Gasteiger partial charge < -0.3 is 15.1 Å². The summed E-state index contributed by atoms with van der Waals surface area (Å²) in [7, 11) is 0. The van der Waals surface area contributed by atoms with Gasteiger partial charge in [0.1, 0.15) is 11.5 Å². The van der Waals surface area contributed by atoms with Crippen molar-refractivity contribution in [1.82, 2.24) is 4.90 Å². The SMILES string of the molecule is CC1CC(C)CN(C(=O)/C=C/c2ccc(-c3ccc(N)cc3Cl)o2)C1. The minimum Gasteiger partial charge on any atom is -0.457 e. The number of nitrogens with two attached hydrogens (primary N) is 1. The summed E-state index contributed by atoms with van der Waals surface area (Å²) in [4.78, 5) is 14.3. The van der Waals surface area contributed by atoms with Crippen molar-refractivity contribution in [1.29, 1.82) is 0 Å². The number of halogens is 1. The predicted molar refractivity (Wildman–Crippen MR) is 102 cm³/mol. The van der Waals surface area contributed by atoms with Crippen LogP contribution in [0, 0.1) is 11.8 Å². The fourth-order valence-corrected chi connectivity index (χ4v) is 3.70. The van der Waals surface area contributed by atoms with E-state index in [4.69, 9.17) is 21.8 Å². The Morgan fingerprint density at radius 2 is 1.96 bits per heavy atom. The highest BCUT2D eigenvalue weighted by Crippen LogP contribution is 2.31. The lowest BCUT2D eigenvalue weighted by molar-refractivity contribution is -0.128. The van der Waals surface area contributed by atoms with E-state index >= 15 is 0 Å². The number of carbonyl (C=O) groups excluding carboxylic acids is 1. The summed E-state index contributed by atoms with van der Waals surface area (Å²) in [6, 6.07) is 8.96. The average Bonchev–Trinajstić information content (AvgIpc) is 3.00. The number of furan rings is 1. The maximum Gasteiger partial charge on any atom is 0.246 e. The topological polar surface area (TPSA) is 59.5 Å². The molecule has 0 aliphatic carbocycles. The summed E-state index contributed by atoms with van der Waals surface area (Å²) in [5.74, 6) is 2.39. The number of hydrogen-bond donors (Lipinski definition) is 1. The molecular weight excluding hydrogens is 336 g/mol. The lowest BCUT2D eigenvalue weighted by Crippen LogP contribution is -2.41. The van der Waals surface area contributed by atoms with Crippen LogP contribution in [0.25, 0.3) is 17.4 Å². The number of benzene rings is 1.